The maximum Gasteiger partial charge on any atom is 0.416 e. The molecule has 7 nitrogen and oxygen atoms in total. The molecule has 0 radical (unpaired) electrons. The maximum absolute atomic E-state index is 13.0. The van der Waals surface area contributed by atoms with E-state index in [4.69, 9.17) is 9.47 Å². The van der Waals surface area contributed by atoms with Crippen LogP contribution >= 0.6 is 0 Å². The first kappa shape index (κ1) is 21.4. The summed E-state index contributed by atoms with van der Waals surface area (Å²) in [5.74, 6) is -0.510. The number of pyridine rings is 1. The summed E-state index contributed by atoms with van der Waals surface area (Å²) in [6.45, 7) is 2.54. The summed E-state index contributed by atoms with van der Waals surface area (Å²) in [5, 5.41) is 2.49. The predicted molar refractivity (Wildman–Crippen MR) is 101 cm³/mol. The molecule has 2 heterocycles. The highest BCUT2D eigenvalue weighted by molar-refractivity contribution is 6.06. The van der Waals surface area contributed by atoms with E-state index in [0.29, 0.717) is 24.1 Å². The second kappa shape index (κ2) is 8.60. The molecule has 1 aromatic heterocycles. The molecule has 0 unspecified atom stereocenters. The van der Waals surface area contributed by atoms with E-state index in [9.17, 15) is 22.8 Å². The van der Waals surface area contributed by atoms with Crippen LogP contribution in [0, 0.1) is 0 Å². The molecule has 160 valence electrons. The number of rotatable bonds is 4. The normalized spacial score (nSPS) is 13.4. The van der Waals surface area contributed by atoms with Crippen molar-refractivity contribution in [2.45, 2.75) is 26.1 Å². The number of carbonyl (C=O) groups excluding carboxylic acids is 2. The van der Waals surface area contributed by atoms with Crippen molar-refractivity contribution in [1.82, 2.24) is 9.88 Å². The minimum atomic E-state index is -4.56. The van der Waals surface area contributed by atoms with E-state index >= 15 is 0 Å². The number of halogens is 3. The predicted octanol–water partition coefficient (Wildman–Crippen LogP) is 3.88. The highest BCUT2D eigenvalue weighted by Gasteiger charge is 2.32. The average Bonchev–Trinajstić information content (AvgIpc) is 2.72. The van der Waals surface area contributed by atoms with Crippen molar-refractivity contribution in [3.8, 4) is 5.75 Å². The second-order valence-corrected chi connectivity index (χ2v) is 6.56. The zero-order valence-corrected chi connectivity index (χ0v) is 16.4. The zero-order chi connectivity index (χ0) is 21.9. The summed E-state index contributed by atoms with van der Waals surface area (Å²) >= 11 is 0. The Labute approximate surface area is 170 Å². The third-order valence-electron chi connectivity index (χ3n) is 4.69. The molecule has 0 fully saturated rings. The van der Waals surface area contributed by atoms with E-state index in [1.54, 1.807) is 13.1 Å². The van der Waals surface area contributed by atoms with Crippen LogP contribution in [0.2, 0.25) is 0 Å². The van der Waals surface area contributed by atoms with Crippen molar-refractivity contribution in [3.05, 3.63) is 52.8 Å². The van der Waals surface area contributed by atoms with Gasteiger partial charge < -0.3 is 19.7 Å². The van der Waals surface area contributed by atoms with E-state index in [2.05, 4.69) is 10.3 Å². The lowest BCUT2D eigenvalue weighted by Gasteiger charge is -2.28. The smallest absolute Gasteiger partial charge is 0.416 e. The first-order valence-electron chi connectivity index (χ1n) is 9.18. The van der Waals surface area contributed by atoms with Crippen LogP contribution in [0.1, 0.15) is 34.0 Å². The lowest BCUT2D eigenvalue weighted by Crippen LogP contribution is -2.37. The Balaban J connectivity index is 1.86. The molecule has 1 aliphatic rings. The summed E-state index contributed by atoms with van der Waals surface area (Å²) in [6, 6.07) is 2.85. The number of nitrogens with zero attached hydrogens (tertiary/aromatic N) is 2. The van der Waals surface area contributed by atoms with E-state index in [-0.39, 0.29) is 30.2 Å². The van der Waals surface area contributed by atoms with Crippen molar-refractivity contribution in [1.29, 1.82) is 0 Å². The van der Waals surface area contributed by atoms with E-state index in [1.807, 2.05) is 0 Å². The molecule has 0 aliphatic carbocycles. The van der Waals surface area contributed by atoms with Gasteiger partial charge in [-0.05, 0) is 42.7 Å². The molecule has 1 aromatic carbocycles. The quantitative estimate of drug-likeness (QED) is 0.808. The molecule has 0 saturated carbocycles. The van der Waals surface area contributed by atoms with Crippen LogP contribution in [0.4, 0.5) is 23.7 Å². The highest BCUT2D eigenvalue weighted by atomic mass is 19.4. The van der Waals surface area contributed by atoms with Gasteiger partial charge in [0.05, 0.1) is 37.1 Å². The SMILES string of the molecule is CCOC(=O)N1CCc2c(cncc2C(=O)Nc2cc(C(F)(F)F)ccc2OC)C1. The topological polar surface area (TPSA) is 80.8 Å². The van der Waals surface area contributed by atoms with Gasteiger partial charge in [-0.15, -0.1) is 0 Å². The molecular weight excluding hydrogens is 403 g/mol. The van der Waals surface area contributed by atoms with Gasteiger partial charge in [0.15, 0.2) is 0 Å². The van der Waals surface area contributed by atoms with Gasteiger partial charge in [-0.1, -0.05) is 0 Å². The summed E-state index contributed by atoms with van der Waals surface area (Å²) < 4.78 is 49.2. The molecule has 1 N–H and O–H groups in total. The highest BCUT2D eigenvalue weighted by Crippen LogP contribution is 2.35. The van der Waals surface area contributed by atoms with Crippen LogP contribution in [0.5, 0.6) is 5.75 Å². The van der Waals surface area contributed by atoms with Crippen molar-refractivity contribution in [3.63, 3.8) is 0 Å². The Morgan fingerprint density at radius 2 is 2.03 bits per heavy atom. The van der Waals surface area contributed by atoms with E-state index in [1.165, 1.54) is 18.2 Å². The standard InChI is InChI=1S/C20H20F3N3O4/c1-3-30-19(28)26-7-6-14-12(11-26)9-24-10-15(14)18(27)25-16-8-13(20(21,22)23)4-5-17(16)29-2/h4-5,8-10H,3,6-7,11H2,1-2H3,(H,25,27). The van der Waals surface area contributed by atoms with Crippen LogP contribution in [0.3, 0.4) is 0 Å². The second-order valence-electron chi connectivity index (χ2n) is 6.56. The minimum absolute atomic E-state index is 0.0983. The number of methoxy groups -OCH3 is 1. The van der Waals surface area contributed by atoms with Crippen LogP contribution in [-0.4, -0.2) is 42.1 Å². The van der Waals surface area contributed by atoms with E-state index in [0.717, 1.165) is 18.2 Å². The Hall–Kier alpha value is -3.30. The Morgan fingerprint density at radius 3 is 2.70 bits per heavy atom. The minimum Gasteiger partial charge on any atom is -0.495 e. The van der Waals surface area contributed by atoms with Crippen molar-refractivity contribution in [2.75, 3.05) is 25.6 Å². The van der Waals surface area contributed by atoms with Crippen LogP contribution in [0.25, 0.3) is 0 Å². The number of anilines is 1. The van der Waals surface area contributed by atoms with Crippen molar-refractivity contribution < 1.29 is 32.2 Å². The van der Waals surface area contributed by atoms with Crippen LogP contribution in [0.15, 0.2) is 30.6 Å². The third-order valence-corrected chi connectivity index (χ3v) is 4.69. The first-order valence-corrected chi connectivity index (χ1v) is 9.18. The molecule has 1 aliphatic heterocycles. The van der Waals surface area contributed by atoms with Gasteiger partial charge in [0.2, 0.25) is 0 Å². The van der Waals surface area contributed by atoms with Crippen LogP contribution < -0.4 is 10.1 Å². The molecule has 30 heavy (non-hydrogen) atoms. The molecule has 0 atom stereocenters. The number of nitrogens with one attached hydrogen (secondary N) is 1. The molecule has 3 rings (SSSR count). The van der Waals surface area contributed by atoms with Gasteiger partial charge in [-0.25, -0.2) is 4.79 Å². The molecule has 2 aromatic rings. The fraction of sp³-hybridized carbons (Fsp3) is 0.350. The molecule has 0 bridgehead atoms. The van der Waals surface area contributed by atoms with Crippen LogP contribution in [-0.2, 0) is 23.9 Å². The van der Waals surface area contributed by atoms with Gasteiger partial charge in [0.25, 0.3) is 5.91 Å². The number of hydrogen-bond donors (Lipinski definition) is 1. The van der Waals surface area contributed by atoms with Gasteiger partial charge in [0.1, 0.15) is 5.75 Å². The van der Waals surface area contributed by atoms with Crippen molar-refractivity contribution in [2.24, 2.45) is 0 Å². The van der Waals surface area contributed by atoms with Gasteiger partial charge >= 0.3 is 12.3 Å². The zero-order valence-electron chi connectivity index (χ0n) is 16.4. The summed E-state index contributed by atoms with van der Waals surface area (Å²) in [7, 11) is 1.30. The number of ether oxygens (including phenoxy) is 2. The maximum atomic E-state index is 13.0. The number of amides is 2. The number of benzene rings is 1. The molecule has 10 heteroatoms. The number of hydrogen-bond acceptors (Lipinski definition) is 5. The molecule has 0 saturated heterocycles. The average molecular weight is 423 g/mol. The third kappa shape index (κ3) is 4.47. The fourth-order valence-electron chi connectivity index (χ4n) is 3.23. The Bertz CT molecular complexity index is 963. The molecule has 0 spiro atoms. The van der Waals surface area contributed by atoms with Gasteiger partial charge in [0, 0.05) is 18.9 Å². The summed E-state index contributed by atoms with van der Waals surface area (Å²) in [4.78, 5) is 30.3. The van der Waals surface area contributed by atoms with Crippen molar-refractivity contribution >= 4 is 17.7 Å². The monoisotopic (exact) mass is 423 g/mol. The van der Waals surface area contributed by atoms with E-state index < -0.39 is 23.7 Å². The lowest BCUT2D eigenvalue weighted by atomic mass is 9.97. The Kier molecular flexibility index (Phi) is 6.14. The largest absolute Gasteiger partial charge is 0.495 e. The lowest BCUT2D eigenvalue weighted by molar-refractivity contribution is -0.137. The molecular formula is C20H20F3N3O4. The number of alkyl halides is 3. The first-order chi connectivity index (χ1) is 14.2. The van der Waals surface area contributed by atoms with Gasteiger partial charge in [-0.3, -0.25) is 9.78 Å². The molecule has 2 amide bonds. The number of carbonyl (C=O) groups is 2. The number of fused-ring (bicyclic) bond motifs is 1. The Morgan fingerprint density at radius 1 is 1.27 bits per heavy atom. The summed E-state index contributed by atoms with van der Waals surface area (Å²) in [5.41, 5.74) is 0.596. The fourth-order valence-corrected chi connectivity index (χ4v) is 3.23. The number of aromatic nitrogens is 1. The summed E-state index contributed by atoms with van der Waals surface area (Å²) in [6.07, 6.45) is -1.71. The van der Waals surface area contributed by atoms with Gasteiger partial charge in [-0.2, -0.15) is 13.2 Å².